The van der Waals surface area contributed by atoms with E-state index in [1.165, 1.54) is 0 Å². The minimum Gasteiger partial charge on any atom is -0.352 e. The van der Waals surface area contributed by atoms with Crippen LogP contribution in [0.1, 0.15) is 5.56 Å². The van der Waals surface area contributed by atoms with Crippen molar-refractivity contribution in [3.05, 3.63) is 77.5 Å². The number of aromatic nitrogens is 2. The molecule has 0 aliphatic rings. The first-order valence-corrected chi connectivity index (χ1v) is 9.52. The number of aromatic amines is 1. The fourth-order valence-electron chi connectivity index (χ4n) is 2.27. The molecule has 0 unspecified atom stereocenters. The minimum absolute atomic E-state index is 0.101. The highest BCUT2D eigenvalue weighted by molar-refractivity contribution is 7.99. The van der Waals surface area contributed by atoms with Crippen molar-refractivity contribution in [1.29, 1.82) is 0 Å². The minimum atomic E-state index is -0.101. The molecule has 0 radical (unpaired) electrons. The Bertz CT molecular complexity index is 876. The van der Waals surface area contributed by atoms with E-state index in [0.29, 0.717) is 11.6 Å². The van der Waals surface area contributed by atoms with Crippen LogP contribution in [0.3, 0.4) is 0 Å². The third-order valence-electron chi connectivity index (χ3n) is 3.57. The first-order chi connectivity index (χ1) is 12.7. The van der Waals surface area contributed by atoms with E-state index in [9.17, 15) is 4.79 Å². The van der Waals surface area contributed by atoms with Gasteiger partial charge in [0.2, 0.25) is 5.91 Å². The summed E-state index contributed by atoms with van der Waals surface area (Å²) in [5, 5.41) is 4.40. The quantitative estimate of drug-likeness (QED) is 0.354. The predicted molar refractivity (Wildman–Crippen MR) is 108 cm³/mol. The van der Waals surface area contributed by atoms with Crippen molar-refractivity contribution in [2.24, 2.45) is 0 Å². The predicted octanol–water partition coefficient (Wildman–Crippen LogP) is 4.65. The van der Waals surface area contributed by atoms with Crippen LogP contribution in [0.15, 0.2) is 72.0 Å². The molecule has 1 aromatic heterocycles. The number of hydrogen-bond acceptors (Lipinski definition) is 3. The Kier molecular flexibility index (Phi) is 6.52. The maximum Gasteiger partial charge on any atom is 0.244 e. The Balaban J connectivity index is 1.42. The molecule has 2 N–H and O–H groups in total. The second kappa shape index (κ2) is 9.27. The van der Waals surface area contributed by atoms with E-state index in [1.54, 1.807) is 30.1 Å². The molecule has 0 aliphatic heterocycles. The van der Waals surface area contributed by atoms with Crippen LogP contribution in [-0.4, -0.2) is 28.2 Å². The van der Waals surface area contributed by atoms with Gasteiger partial charge in [-0.25, -0.2) is 4.98 Å². The second-order valence-corrected chi connectivity index (χ2v) is 7.01. The maximum atomic E-state index is 11.8. The zero-order chi connectivity index (χ0) is 18.2. The summed E-state index contributed by atoms with van der Waals surface area (Å²) in [5.74, 6) is 0.633. The van der Waals surface area contributed by atoms with Crippen LogP contribution in [0, 0.1) is 0 Å². The summed E-state index contributed by atoms with van der Waals surface area (Å²) < 4.78 is 0. The molecule has 0 spiro atoms. The number of amides is 1. The van der Waals surface area contributed by atoms with Crippen molar-refractivity contribution in [3.8, 4) is 11.3 Å². The molecule has 26 heavy (non-hydrogen) atoms. The molecular formula is C20H18ClN3OS. The zero-order valence-corrected chi connectivity index (χ0v) is 15.6. The number of imidazole rings is 1. The fourth-order valence-corrected chi connectivity index (χ4v) is 3.10. The van der Waals surface area contributed by atoms with Gasteiger partial charge >= 0.3 is 0 Å². The van der Waals surface area contributed by atoms with Crippen molar-refractivity contribution in [1.82, 2.24) is 15.3 Å². The third kappa shape index (κ3) is 5.51. The average molecular weight is 384 g/mol. The summed E-state index contributed by atoms with van der Waals surface area (Å²) in [6.07, 6.45) is 5.14. The van der Waals surface area contributed by atoms with Gasteiger partial charge < -0.3 is 10.3 Å². The Morgan fingerprint density at radius 2 is 1.92 bits per heavy atom. The molecule has 132 valence electrons. The van der Waals surface area contributed by atoms with Gasteiger partial charge in [0.15, 0.2) is 5.16 Å². The van der Waals surface area contributed by atoms with Crippen LogP contribution in [-0.2, 0) is 4.79 Å². The molecule has 0 fully saturated rings. The molecule has 6 heteroatoms. The van der Waals surface area contributed by atoms with Crippen molar-refractivity contribution >= 4 is 35.3 Å². The zero-order valence-electron chi connectivity index (χ0n) is 14.0. The van der Waals surface area contributed by atoms with Crippen LogP contribution >= 0.6 is 23.4 Å². The van der Waals surface area contributed by atoms with Gasteiger partial charge in [-0.05, 0) is 29.3 Å². The second-order valence-electron chi connectivity index (χ2n) is 5.49. The number of carbonyl (C=O) groups excluding carboxylic acids is 1. The van der Waals surface area contributed by atoms with Crippen LogP contribution < -0.4 is 5.32 Å². The fraction of sp³-hybridized carbons (Fsp3) is 0.100. The van der Waals surface area contributed by atoms with Gasteiger partial charge in [-0.3, -0.25) is 4.79 Å². The molecule has 4 nitrogen and oxygen atoms in total. The van der Waals surface area contributed by atoms with Crippen LogP contribution in [0.25, 0.3) is 17.3 Å². The number of rotatable bonds is 7. The summed E-state index contributed by atoms with van der Waals surface area (Å²) in [5.41, 5.74) is 2.98. The Hall–Kier alpha value is -2.50. The van der Waals surface area contributed by atoms with Gasteiger partial charge in [0.25, 0.3) is 0 Å². The molecule has 3 aromatic rings. The highest BCUT2D eigenvalue weighted by Crippen LogP contribution is 2.22. The van der Waals surface area contributed by atoms with Gasteiger partial charge in [-0.2, -0.15) is 0 Å². The van der Waals surface area contributed by atoms with Crippen LogP contribution in [0.2, 0.25) is 5.02 Å². The van der Waals surface area contributed by atoms with Gasteiger partial charge in [-0.15, -0.1) is 0 Å². The Morgan fingerprint density at radius 1 is 1.15 bits per heavy atom. The molecular weight excluding hydrogens is 366 g/mol. The Labute approximate surface area is 161 Å². The van der Waals surface area contributed by atoms with E-state index < -0.39 is 0 Å². The van der Waals surface area contributed by atoms with Gasteiger partial charge in [0.05, 0.1) is 11.9 Å². The Morgan fingerprint density at radius 3 is 2.69 bits per heavy atom. The van der Waals surface area contributed by atoms with Crippen molar-refractivity contribution in [2.45, 2.75) is 5.16 Å². The lowest BCUT2D eigenvalue weighted by Gasteiger charge is -2.01. The molecule has 0 saturated heterocycles. The molecule has 1 heterocycles. The normalized spacial score (nSPS) is 11.0. The van der Waals surface area contributed by atoms with Gasteiger partial charge in [-0.1, -0.05) is 65.8 Å². The summed E-state index contributed by atoms with van der Waals surface area (Å²) in [6.45, 7) is 0.569. The summed E-state index contributed by atoms with van der Waals surface area (Å²) >= 11 is 7.47. The smallest absolute Gasteiger partial charge is 0.244 e. The van der Waals surface area contributed by atoms with Crippen molar-refractivity contribution in [3.63, 3.8) is 0 Å². The summed E-state index contributed by atoms with van der Waals surface area (Å²) in [4.78, 5) is 19.4. The third-order valence-corrected chi connectivity index (χ3v) is 4.72. The highest BCUT2D eigenvalue weighted by Gasteiger charge is 2.04. The molecule has 0 bridgehead atoms. The average Bonchev–Trinajstić information content (AvgIpc) is 3.14. The first kappa shape index (κ1) is 18.3. The summed E-state index contributed by atoms with van der Waals surface area (Å²) in [7, 11) is 0. The number of carbonyl (C=O) groups is 1. The molecule has 0 aliphatic carbocycles. The van der Waals surface area contributed by atoms with E-state index in [-0.39, 0.29) is 5.91 Å². The molecule has 3 rings (SSSR count). The number of H-pyrrole nitrogens is 1. The van der Waals surface area contributed by atoms with E-state index in [4.69, 9.17) is 11.6 Å². The largest absolute Gasteiger partial charge is 0.352 e. The maximum absolute atomic E-state index is 11.8. The number of nitrogens with one attached hydrogen (secondary N) is 2. The summed E-state index contributed by atoms with van der Waals surface area (Å²) in [6, 6.07) is 17.3. The number of benzene rings is 2. The number of thioether (sulfide) groups is 1. The molecule has 1 amide bonds. The topological polar surface area (TPSA) is 57.8 Å². The number of hydrogen-bond donors (Lipinski definition) is 2. The van der Waals surface area contributed by atoms with E-state index in [1.807, 2.05) is 54.6 Å². The monoisotopic (exact) mass is 383 g/mol. The number of nitrogens with zero attached hydrogens (tertiary/aromatic N) is 1. The van der Waals surface area contributed by atoms with E-state index in [2.05, 4.69) is 15.3 Å². The molecule has 2 aromatic carbocycles. The number of halogens is 1. The lowest BCUT2D eigenvalue weighted by molar-refractivity contribution is -0.116. The molecule has 0 atom stereocenters. The van der Waals surface area contributed by atoms with Crippen molar-refractivity contribution < 1.29 is 4.79 Å². The molecule has 0 saturated carbocycles. The van der Waals surface area contributed by atoms with Gasteiger partial charge in [0, 0.05) is 23.4 Å². The lowest BCUT2D eigenvalue weighted by atomic mass is 10.2. The standard InChI is InChI=1S/C20H18ClN3OS/c21-17-9-7-16(8-10-17)18-14-23-20(24-18)26-13-12-22-19(25)11-6-15-4-2-1-3-5-15/h1-11,14H,12-13H2,(H,22,25)(H,23,24). The van der Waals surface area contributed by atoms with Crippen molar-refractivity contribution in [2.75, 3.05) is 12.3 Å². The van der Waals surface area contributed by atoms with E-state index >= 15 is 0 Å². The highest BCUT2D eigenvalue weighted by atomic mass is 35.5. The SMILES string of the molecule is O=C(C=Cc1ccccc1)NCCSc1ncc(-c2ccc(Cl)cc2)[nH]1. The first-order valence-electron chi connectivity index (χ1n) is 8.15. The lowest BCUT2D eigenvalue weighted by Crippen LogP contribution is -2.23. The van der Waals surface area contributed by atoms with Crippen LogP contribution in [0.4, 0.5) is 0 Å². The van der Waals surface area contributed by atoms with Gasteiger partial charge in [0.1, 0.15) is 0 Å². The van der Waals surface area contributed by atoms with E-state index in [0.717, 1.165) is 27.7 Å². The van der Waals surface area contributed by atoms with Crippen LogP contribution in [0.5, 0.6) is 0 Å².